The molecule has 170 valence electrons. The Morgan fingerprint density at radius 3 is 2.69 bits per heavy atom. The number of pyridine rings is 1. The minimum atomic E-state index is -4.45. The highest BCUT2D eigenvalue weighted by atomic mass is 19.4. The van der Waals surface area contributed by atoms with Crippen LogP contribution < -0.4 is 10.4 Å². The van der Waals surface area contributed by atoms with Gasteiger partial charge in [-0.2, -0.15) is 28.4 Å². The quantitative estimate of drug-likeness (QED) is 0.722. The number of benzene rings is 1. The fourth-order valence-corrected chi connectivity index (χ4v) is 3.80. The molecule has 0 radical (unpaired) electrons. The first-order valence-corrected chi connectivity index (χ1v) is 10.1. The molecule has 0 aliphatic carbocycles. The molecular weight excluding hydrogens is 428 g/mol. The molecule has 1 aromatic heterocycles. The molecule has 0 spiro atoms. The molecule has 1 fully saturated rings. The van der Waals surface area contributed by atoms with E-state index in [0.717, 1.165) is 18.7 Å². The average Bonchev–Trinajstić information content (AvgIpc) is 3.19. The summed E-state index contributed by atoms with van der Waals surface area (Å²) in [5.74, 6) is -0.554. The highest BCUT2D eigenvalue weighted by Gasteiger charge is 2.31. The van der Waals surface area contributed by atoms with Crippen LogP contribution >= 0.6 is 0 Å². The second kappa shape index (κ2) is 8.73. The van der Waals surface area contributed by atoms with Gasteiger partial charge >= 0.3 is 6.18 Å². The molecular formula is C21H22F4N6O. The van der Waals surface area contributed by atoms with Gasteiger partial charge in [0, 0.05) is 38.6 Å². The number of piperidine rings is 1. The molecule has 2 aliphatic rings. The summed E-state index contributed by atoms with van der Waals surface area (Å²) in [5.41, 5.74) is -0.145. The Balaban J connectivity index is 1.48. The molecule has 1 amide bonds. The summed E-state index contributed by atoms with van der Waals surface area (Å²) in [7, 11) is 1.81. The second-order valence-corrected chi connectivity index (χ2v) is 7.75. The Labute approximate surface area is 182 Å². The molecule has 2 aliphatic heterocycles. The monoisotopic (exact) mass is 450 g/mol. The van der Waals surface area contributed by atoms with Crippen LogP contribution in [0.2, 0.25) is 0 Å². The van der Waals surface area contributed by atoms with E-state index in [2.05, 4.69) is 15.4 Å². The summed E-state index contributed by atoms with van der Waals surface area (Å²) in [6.45, 7) is 1.38. The first-order chi connectivity index (χ1) is 15.2. The van der Waals surface area contributed by atoms with Crippen molar-refractivity contribution in [1.29, 1.82) is 0 Å². The number of alkyl halides is 3. The van der Waals surface area contributed by atoms with Gasteiger partial charge in [-0.25, -0.2) is 9.37 Å². The third kappa shape index (κ3) is 4.67. The van der Waals surface area contributed by atoms with Gasteiger partial charge in [-0.15, -0.1) is 0 Å². The Morgan fingerprint density at radius 2 is 2.03 bits per heavy atom. The molecule has 11 heteroatoms. The van der Waals surface area contributed by atoms with Crippen molar-refractivity contribution < 1.29 is 22.4 Å². The van der Waals surface area contributed by atoms with Gasteiger partial charge in [0.05, 0.1) is 23.4 Å². The van der Waals surface area contributed by atoms with Crippen LogP contribution in [0.4, 0.5) is 29.1 Å². The predicted octanol–water partition coefficient (Wildman–Crippen LogP) is 3.61. The number of likely N-dealkylation sites (tertiary alicyclic amines) is 1. The highest BCUT2D eigenvalue weighted by molar-refractivity contribution is 6.00. The number of amides is 1. The van der Waals surface area contributed by atoms with Gasteiger partial charge in [0.2, 0.25) is 0 Å². The van der Waals surface area contributed by atoms with Crippen LogP contribution in [0.3, 0.4) is 0 Å². The maximum Gasteiger partial charge on any atom is 0.417 e. The van der Waals surface area contributed by atoms with E-state index >= 15 is 0 Å². The smallest absolute Gasteiger partial charge is 0.366 e. The minimum absolute atomic E-state index is 0.193. The number of aromatic nitrogens is 1. The number of hydrogen-bond donors (Lipinski definition) is 1. The summed E-state index contributed by atoms with van der Waals surface area (Å²) in [5, 5.41) is 10.7. The lowest BCUT2D eigenvalue weighted by Crippen LogP contribution is -2.45. The fourth-order valence-electron chi connectivity index (χ4n) is 3.80. The van der Waals surface area contributed by atoms with Gasteiger partial charge in [-0.1, -0.05) is 0 Å². The second-order valence-electron chi connectivity index (χ2n) is 7.75. The number of hydrazine groups is 1. The van der Waals surface area contributed by atoms with Crippen LogP contribution in [-0.4, -0.2) is 59.7 Å². The molecule has 1 atom stereocenters. The molecule has 0 saturated carbocycles. The van der Waals surface area contributed by atoms with E-state index in [-0.39, 0.29) is 17.5 Å². The zero-order chi connectivity index (χ0) is 22.9. The van der Waals surface area contributed by atoms with Crippen molar-refractivity contribution in [3.8, 4) is 0 Å². The van der Waals surface area contributed by atoms with Gasteiger partial charge in [-0.3, -0.25) is 4.79 Å². The van der Waals surface area contributed by atoms with E-state index < -0.39 is 17.6 Å². The Hall–Kier alpha value is -3.21. The van der Waals surface area contributed by atoms with Crippen LogP contribution in [0.5, 0.6) is 0 Å². The average molecular weight is 450 g/mol. The third-order valence-electron chi connectivity index (χ3n) is 5.42. The zero-order valence-electron chi connectivity index (χ0n) is 17.3. The topological polar surface area (TPSA) is 64.1 Å². The van der Waals surface area contributed by atoms with Crippen molar-refractivity contribution in [2.75, 3.05) is 37.1 Å². The number of hydrazone groups is 1. The summed E-state index contributed by atoms with van der Waals surface area (Å²) >= 11 is 0. The van der Waals surface area contributed by atoms with Gasteiger partial charge in [-0.05, 0) is 43.2 Å². The highest BCUT2D eigenvalue weighted by Crippen LogP contribution is 2.30. The van der Waals surface area contributed by atoms with Crippen LogP contribution in [0.25, 0.3) is 0 Å². The number of halogens is 4. The van der Waals surface area contributed by atoms with E-state index in [1.807, 2.05) is 7.05 Å². The standard InChI is InChI=1S/C21H22F4N6O/c1-29-10-8-27-31(29)18-6-5-15(22)11-17(18)20(32)30-9-2-3-16(13-30)28-19-7-4-14(12-26-19)21(23,24)25/h4-8,11-12,16H,2-3,9-10,13H2,1H3,(H,26,28)/t16-/m1/s1. The lowest BCUT2D eigenvalue weighted by atomic mass is 10.0. The lowest BCUT2D eigenvalue weighted by molar-refractivity contribution is -0.137. The number of carbonyl (C=O) groups is 1. The summed E-state index contributed by atoms with van der Waals surface area (Å²) < 4.78 is 52.2. The van der Waals surface area contributed by atoms with Gasteiger partial charge in [0.15, 0.2) is 0 Å². The van der Waals surface area contributed by atoms with E-state index in [9.17, 15) is 22.4 Å². The van der Waals surface area contributed by atoms with Gasteiger partial charge < -0.3 is 10.2 Å². The first-order valence-electron chi connectivity index (χ1n) is 10.1. The Bertz CT molecular complexity index is 1010. The van der Waals surface area contributed by atoms with Crippen LogP contribution in [-0.2, 0) is 6.18 Å². The van der Waals surface area contributed by atoms with E-state index in [1.165, 1.54) is 24.3 Å². The van der Waals surface area contributed by atoms with Crippen LogP contribution in [0.1, 0.15) is 28.8 Å². The predicted molar refractivity (Wildman–Crippen MR) is 112 cm³/mol. The van der Waals surface area contributed by atoms with Gasteiger partial charge in [0.1, 0.15) is 11.6 Å². The van der Waals surface area contributed by atoms with Crippen molar-refractivity contribution >= 4 is 23.6 Å². The molecule has 3 heterocycles. The number of hydrogen-bond acceptors (Lipinski definition) is 6. The normalized spacial score (nSPS) is 19.5. The van der Waals surface area contributed by atoms with Crippen molar-refractivity contribution in [2.24, 2.45) is 5.10 Å². The van der Waals surface area contributed by atoms with Crippen LogP contribution in [0.15, 0.2) is 41.6 Å². The number of carbonyl (C=O) groups excluding carboxylic acids is 1. The molecule has 7 nitrogen and oxygen atoms in total. The Kier molecular flexibility index (Phi) is 6.00. The molecule has 4 rings (SSSR count). The van der Waals surface area contributed by atoms with E-state index in [4.69, 9.17) is 0 Å². The van der Waals surface area contributed by atoms with Crippen LogP contribution in [0, 0.1) is 5.82 Å². The summed E-state index contributed by atoms with van der Waals surface area (Å²) in [6.07, 6.45) is -0.566. The maximum absolute atomic E-state index is 14.0. The molecule has 1 N–H and O–H groups in total. The summed E-state index contributed by atoms with van der Waals surface area (Å²) in [6, 6.07) is 6.05. The number of rotatable bonds is 4. The molecule has 1 aromatic carbocycles. The lowest BCUT2D eigenvalue weighted by Gasteiger charge is -2.34. The molecule has 0 unspecified atom stereocenters. The van der Waals surface area contributed by atoms with Crippen molar-refractivity contribution in [3.05, 3.63) is 53.5 Å². The number of nitrogens with one attached hydrogen (secondary N) is 1. The molecule has 1 saturated heterocycles. The number of anilines is 2. The largest absolute Gasteiger partial charge is 0.417 e. The number of nitrogens with zero attached hydrogens (tertiary/aromatic N) is 5. The SMILES string of the molecule is CN1CC=NN1c1ccc(F)cc1C(=O)N1CCC[C@@H](Nc2ccc(C(F)(F)F)cn2)C1. The fraction of sp³-hybridized carbons (Fsp3) is 0.381. The maximum atomic E-state index is 14.0. The van der Waals surface area contributed by atoms with E-state index in [1.54, 1.807) is 21.2 Å². The van der Waals surface area contributed by atoms with Crippen molar-refractivity contribution in [1.82, 2.24) is 14.9 Å². The third-order valence-corrected chi connectivity index (χ3v) is 5.42. The zero-order valence-corrected chi connectivity index (χ0v) is 17.3. The molecule has 32 heavy (non-hydrogen) atoms. The van der Waals surface area contributed by atoms with Crippen molar-refractivity contribution in [2.45, 2.75) is 25.1 Å². The minimum Gasteiger partial charge on any atom is -0.366 e. The van der Waals surface area contributed by atoms with E-state index in [0.29, 0.717) is 37.6 Å². The first kappa shape index (κ1) is 22.0. The van der Waals surface area contributed by atoms with Gasteiger partial charge in [0.25, 0.3) is 5.91 Å². The summed E-state index contributed by atoms with van der Waals surface area (Å²) in [4.78, 5) is 18.7. The molecule has 2 aromatic rings. The van der Waals surface area contributed by atoms with Crippen molar-refractivity contribution in [3.63, 3.8) is 0 Å². The Morgan fingerprint density at radius 1 is 1.22 bits per heavy atom. The molecule has 0 bridgehead atoms.